The number of hydrogen-bond acceptors (Lipinski definition) is 3. The van der Waals surface area contributed by atoms with E-state index in [2.05, 4.69) is 26.1 Å². The summed E-state index contributed by atoms with van der Waals surface area (Å²) in [6, 6.07) is 12.7. The average molecular weight is 378 g/mol. The Balaban J connectivity index is 2.23. The molecule has 0 heterocycles. The molecule has 0 aliphatic carbocycles. The van der Waals surface area contributed by atoms with Gasteiger partial charge in [0.1, 0.15) is 12.4 Å². The van der Waals surface area contributed by atoms with Gasteiger partial charge < -0.3 is 5.32 Å². The zero-order valence-corrected chi connectivity index (χ0v) is 16.1. The Morgan fingerprint density at radius 1 is 1.08 bits per heavy atom. The van der Waals surface area contributed by atoms with Crippen LogP contribution >= 0.6 is 0 Å². The molecule has 0 bridgehead atoms. The summed E-state index contributed by atoms with van der Waals surface area (Å²) in [7, 11) is -3.69. The van der Waals surface area contributed by atoms with Gasteiger partial charge in [0.05, 0.1) is 17.6 Å². The summed E-state index contributed by atoms with van der Waals surface area (Å²) in [5.74, 6) is -1.21. The summed E-state index contributed by atoms with van der Waals surface area (Å²) >= 11 is 0. The standard InChI is InChI=1S/C19H23FN2O3S/c1-19(2,3)14-9-11-15(12-10-14)22(26(4,24)25)13-18(23)21-17-8-6-5-7-16(17)20/h5-12H,13H2,1-4H3,(H,21,23). The minimum absolute atomic E-state index is 0.00836. The molecule has 7 heteroatoms. The maximum atomic E-state index is 13.7. The lowest BCUT2D eigenvalue weighted by molar-refractivity contribution is -0.114. The quantitative estimate of drug-likeness (QED) is 0.866. The molecule has 0 aliphatic heterocycles. The highest BCUT2D eigenvalue weighted by Crippen LogP contribution is 2.26. The van der Waals surface area contributed by atoms with Crippen LogP contribution in [0.25, 0.3) is 0 Å². The Bertz CT molecular complexity index is 888. The number of hydrogen-bond donors (Lipinski definition) is 1. The van der Waals surface area contributed by atoms with Gasteiger partial charge in [0, 0.05) is 0 Å². The van der Waals surface area contributed by atoms with Gasteiger partial charge in [-0.25, -0.2) is 12.8 Å². The first kappa shape index (κ1) is 19.9. The predicted molar refractivity (Wildman–Crippen MR) is 102 cm³/mol. The first-order chi connectivity index (χ1) is 12.0. The van der Waals surface area contributed by atoms with Crippen LogP contribution in [0.5, 0.6) is 0 Å². The summed E-state index contributed by atoms with van der Waals surface area (Å²) < 4.78 is 38.9. The normalized spacial score (nSPS) is 11.9. The predicted octanol–water partition coefficient (Wildman–Crippen LogP) is 3.53. The Labute approximate surface area is 153 Å². The second kappa shape index (κ2) is 7.45. The third kappa shape index (κ3) is 5.05. The molecule has 2 rings (SSSR count). The fourth-order valence-electron chi connectivity index (χ4n) is 2.41. The van der Waals surface area contributed by atoms with Gasteiger partial charge in [0.15, 0.2) is 0 Å². The molecule has 0 aliphatic rings. The second-order valence-electron chi connectivity index (χ2n) is 7.09. The number of carbonyl (C=O) groups excluding carboxylic acids is 1. The molecule has 140 valence electrons. The number of anilines is 2. The van der Waals surface area contributed by atoms with E-state index in [4.69, 9.17) is 0 Å². The summed E-state index contributed by atoms with van der Waals surface area (Å²) in [6.45, 7) is 5.72. The third-order valence-electron chi connectivity index (χ3n) is 3.86. The SMILES string of the molecule is CC(C)(C)c1ccc(N(CC(=O)Nc2ccccc2F)S(C)(=O)=O)cc1. The van der Waals surface area contributed by atoms with Crippen molar-refractivity contribution >= 4 is 27.3 Å². The van der Waals surface area contributed by atoms with E-state index in [9.17, 15) is 17.6 Å². The van der Waals surface area contributed by atoms with Gasteiger partial charge in [-0.1, -0.05) is 45.0 Å². The molecule has 0 fully saturated rings. The number of halogens is 1. The molecule has 2 aromatic rings. The van der Waals surface area contributed by atoms with Gasteiger partial charge in [0.25, 0.3) is 0 Å². The topological polar surface area (TPSA) is 66.5 Å². The number of nitrogens with one attached hydrogen (secondary N) is 1. The van der Waals surface area contributed by atoms with Crippen molar-refractivity contribution in [2.45, 2.75) is 26.2 Å². The van der Waals surface area contributed by atoms with Gasteiger partial charge in [-0.3, -0.25) is 9.10 Å². The minimum Gasteiger partial charge on any atom is -0.322 e. The summed E-state index contributed by atoms with van der Waals surface area (Å²) in [6.07, 6.45) is 1.03. The van der Waals surface area contributed by atoms with Crippen molar-refractivity contribution in [3.05, 3.63) is 59.9 Å². The molecular formula is C19H23FN2O3S. The van der Waals surface area contributed by atoms with Crippen LogP contribution in [0.4, 0.5) is 15.8 Å². The van der Waals surface area contributed by atoms with Crippen LogP contribution in [0.2, 0.25) is 0 Å². The van der Waals surface area contributed by atoms with Crippen LogP contribution < -0.4 is 9.62 Å². The van der Waals surface area contributed by atoms with Crippen LogP contribution in [0.1, 0.15) is 26.3 Å². The molecule has 0 aromatic heterocycles. The van der Waals surface area contributed by atoms with Gasteiger partial charge in [-0.15, -0.1) is 0 Å². The van der Waals surface area contributed by atoms with Crippen LogP contribution in [0, 0.1) is 5.82 Å². The van der Waals surface area contributed by atoms with E-state index in [1.807, 2.05) is 12.1 Å². The Morgan fingerprint density at radius 2 is 1.65 bits per heavy atom. The van der Waals surface area contributed by atoms with Crippen LogP contribution in [-0.4, -0.2) is 27.1 Å². The minimum atomic E-state index is -3.69. The smallest absolute Gasteiger partial charge is 0.245 e. The molecule has 0 atom stereocenters. The highest BCUT2D eigenvalue weighted by atomic mass is 32.2. The molecule has 0 unspecified atom stereocenters. The van der Waals surface area contributed by atoms with Crippen molar-refractivity contribution < 1.29 is 17.6 Å². The molecule has 1 N–H and O–H groups in total. The van der Waals surface area contributed by atoms with Crippen LogP contribution in [0.15, 0.2) is 48.5 Å². The highest BCUT2D eigenvalue weighted by molar-refractivity contribution is 7.92. The lowest BCUT2D eigenvalue weighted by Gasteiger charge is -2.24. The fourth-order valence-corrected chi connectivity index (χ4v) is 3.27. The van der Waals surface area contributed by atoms with Crippen molar-refractivity contribution in [2.75, 3.05) is 22.4 Å². The number of rotatable bonds is 5. The maximum absolute atomic E-state index is 13.7. The highest BCUT2D eigenvalue weighted by Gasteiger charge is 2.22. The van der Waals surface area contributed by atoms with Crippen molar-refractivity contribution in [2.24, 2.45) is 0 Å². The number of sulfonamides is 1. The lowest BCUT2D eigenvalue weighted by Crippen LogP contribution is -2.37. The van der Waals surface area contributed by atoms with E-state index in [0.717, 1.165) is 16.1 Å². The molecule has 0 radical (unpaired) electrons. The monoisotopic (exact) mass is 378 g/mol. The summed E-state index contributed by atoms with van der Waals surface area (Å²) in [5, 5.41) is 2.40. The van der Waals surface area contributed by atoms with Gasteiger partial charge >= 0.3 is 0 Å². The average Bonchev–Trinajstić information content (AvgIpc) is 2.53. The first-order valence-corrected chi connectivity index (χ1v) is 9.96. The van der Waals surface area contributed by atoms with E-state index in [1.54, 1.807) is 18.2 Å². The number of para-hydroxylation sites is 1. The van der Waals surface area contributed by atoms with E-state index in [1.165, 1.54) is 18.2 Å². The third-order valence-corrected chi connectivity index (χ3v) is 5.00. The molecule has 26 heavy (non-hydrogen) atoms. The second-order valence-corrected chi connectivity index (χ2v) is 9.00. The Kier molecular flexibility index (Phi) is 5.71. The molecule has 0 spiro atoms. The number of benzene rings is 2. The fraction of sp³-hybridized carbons (Fsp3) is 0.316. The van der Waals surface area contributed by atoms with E-state index in [-0.39, 0.29) is 11.1 Å². The van der Waals surface area contributed by atoms with Crippen LogP contribution in [0.3, 0.4) is 0 Å². The van der Waals surface area contributed by atoms with Gasteiger partial charge in [0.2, 0.25) is 15.9 Å². The lowest BCUT2D eigenvalue weighted by atomic mass is 9.87. The summed E-state index contributed by atoms with van der Waals surface area (Å²) in [5.41, 5.74) is 1.36. The molecule has 2 aromatic carbocycles. The van der Waals surface area contributed by atoms with Crippen molar-refractivity contribution in [1.82, 2.24) is 0 Å². The van der Waals surface area contributed by atoms with Crippen LogP contribution in [-0.2, 0) is 20.2 Å². The first-order valence-electron chi connectivity index (χ1n) is 8.11. The van der Waals surface area contributed by atoms with E-state index < -0.39 is 28.3 Å². The molecular weight excluding hydrogens is 355 g/mol. The summed E-state index contributed by atoms with van der Waals surface area (Å²) in [4.78, 5) is 12.2. The number of nitrogens with zero attached hydrogens (tertiary/aromatic N) is 1. The van der Waals surface area contributed by atoms with E-state index >= 15 is 0 Å². The number of amides is 1. The molecule has 5 nitrogen and oxygen atoms in total. The zero-order valence-electron chi connectivity index (χ0n) is 15.3. The molecule has 0 saturated heterocycles. The largest absolute Gasteiger partial charge is 0.322 e. The zero-order chi connectivity index (χ0) is 19.5. The molecule has 1 amide bonds. The van der Waals surface area contributed by atoms with Gasteiger partial charge in [-0.2, -0.15) is 0 Å². The van der Waals surface area contributed by atoms with Gasteiger partial charge in [-0.05, 0) is 35.2 Å². The van der Waals surface area contributed by atoms with Crippen molar-refractivity contribution in [1.29, 1.82) is 0 Å². The maximum Gasteiger partial charge on any atom is 0.245 e. The Hall–Kier alpha value is -2.41. The van der Waals surface area contributed by atoms with E-state index in [0.29, 0.717) is 5.69 Å². The van der Waals surface area contributed by atoms with Crippen molar-refractivity contribution in [3.63, 3.8) is 0 Å². The Morgan fingerprint density at radius 3 is 2.15 bits per heavy atom. The number of carbonyl (C=O) groups is 1. The van der Waals surface area contributed by atoms with Crippen molar-refractivity contribution in [3.8, 4) is 0 Å². The molecule has 0 saturated carbocycles.